The van der Waals surface area contributed by atoms with Crippen molar-refractivity contribution in [2.24, 2.45) is 0 Å². The van der Waals surface area contributed by atoms with Gasteiger partial charge in [0.25, 0.3) is 0 Å². The molecule has 2 unspecified atom stereocenters. The first-order valence-electron chi connectivity index (χ1n) is 15.0. The molecular formula is C30H43N5O6. The molecule has 1 fully saturated rings. The van der Waals surface area contributed by atoms with E-state index in [-0.39, 0.29) is 25.1 Å². The van der Waals surface area contributed by atoms with Crippen molar-refractivity contribution >= 4 is 17.0 Å². The molecule has 11 heteroatoms. The highest BCUT2D eigenvalue weighted by atomic mass is 16.7. The standard InChI is InChI=1S/C30H43N5O6/c1-5-11-34(16-21-9-10-22-23(15-21)40-20-39-22)28-25-29(32-18-31-28)35(19-33-25)30-27(38-14-8-4)26(37-13-7-3)24(41-30)17-36-12-6-2/h9-10,15,18-19,24,26-27,30H,5-8,11-14,16-17,20H2,1-4H3/t24-,26?,27?,30-/m1/s1. The van der Waals surface area contributed by atoms with Crippen LogP contribution in [0.2, 0.25) is 0 Å². The third kappa shape index (κ3) is 6.58. The van der Waals surface area contributed by atoms with Gasteiger partial charge in [-0.05, 0) is 43.4 Å². The third-order valence-corrected chi connectivity index (χ3v) is 7.16. The molecule has 0 aliphatic carbocycles. The van der Waals surface area contributed by atoms with Crippen LogP contribution >= 0.6 is 0 Å². The van der Waals surface area contributed by atoms with Gasteiger partial charge in [-0.25, -0.2) is 15.0 Å². The van der Waals surface area contributed by atoms with Crippen LogP contribution in [0.3, 0.4) is 0 Å². The first-order valence-corrected chi connectivity index (χ1v) is 15.0. The molecule has 0 saturated carbocycles. The Morgan fingerprint density at radius 2 is 1.68 bits per heavy atom. The van der Waals surface area contributed by atoms with Crippen LogP contribution in [0.25, 0.3) is 11.2 Å². The molecule has 0 radical (unpaired) electrons. The second-order valence-corrected chi connectivity index (χ2v) is 10.4. The first kappa shape index (κ1) is 29.5. The lowest BCUT2D eigenvalue weighted by Crippen LogP contribution is -2.39. The quantitative estimate of drug-likeness (QED) is 0.222. The summed E-state index contributed by atoms with van der Waals surface area (Å²) in [6.45, 7) is 12.5. The normalized spacial score (nSPS) is 21.7. The zero-order chi connectivity index (χ0) is 28.6. The van der Waals surface area contributed by atoms with Crippen LogP contribution in [0.1, 0.15) is 65.2 Å². The molecule has 1 aromatic carbocycles. The van der Waals surface area contributed by atoms with Crippen molar-refractivity contribution in [2.75, 3.05) is 44.7 Å². The average molecular weight is 570 g/mol. The molecular weight excluding hydrogens is 526 g/mol. The first-order chi connectivity index (χ1) is 20.2. The van der Waals surface area contributed by atoms with E-state index in [1.807, 2.05) is 16.7 Å². The van der Waals surface area contributed by atoms with Crippen LogP contribution in [-0.4, -0.2) is 77.6 Å². The van der Waals surface area contributed by atoms with Gasteiger partial charge in [0.1, 0.15) is 24.6 Å². The van der Waals surface area contributed by atoms with E-state index in [1.54, 1.807) is 12.7 Å². The van der Waals surface area contributed by atoms with Gasteiger partial charge in [0.2, 0.25) is 6.79 Å². The molecule has 2 aliphatic rings. The number of imidazole rings is 1. The molecule has 0 bridgehead atoms. The molecule has 41 heavy (non-hydrogen) atoms. The van der Waals surface area contributed by atoms with Crippen LogP contribution in [0.4, 0.5) is 5.82 Å². The number of fused-ring (bicyclic) bond motifs is 2. The molecule has 5 rings (SSSR count). The van der Waals surface area contributed by atoms with Crippen molar-refractivity contribution < 1.29 is 28.4 Å². The summed E-state index contributed by atoms with van der Waals surface area (Å²) >= 11 is 0. The molecule has 0 amide bonds. The third-order valence-electron chi connectivity index (χ3n) is 7.16. The lowest BCUT2D eigenvalue weighted by atomic mass is 10.1. The second kappa shape index (κ2) is 14.3. The highest BCUT2D eigenvalue weighted by molar-refractivity contribution is 5.83. The molecule has 224 valence electrons. The number of benzene rings is 1. The fourth-order valence-corrected chi connectivity index (χ4v) is 5.34. The molecule has 4 atom stereocenters. The van der Waals surface area contributed by atoms with E-state index in [9.17, 15) is 0 Å². The Balaban J connectivity index is 1.45. The van der Waals surface area contributed by atoms with Crippen LogP contribution in [0.5, 0.6) is 11.5 Å². The van der Waals surface area contributed by atoms with E-state index >= 15 is 0 Å². The monoisotopic (exact) mass is 569 g/mol. The van der Waals surface area contributed by atoms with Gasteiger partial charge in [-0.1, -0.05) is 33.8 Å². The predicted molar refractivity (Wildman–Crippen MR) is 154 cm³/mol. The summed E-state index contributed by atoms with van der Waals surface area (Å²) in [5.74, 6) is 2.32. The van der Waals surface area contributed by atoms with Crippen molar-refractivity contribution in [1.29, 1.82) is 0 Å². The Labute approximate surface area is 242 Å². The molecule has 4 heterocycles. The second-order valence-electron chi connectivity index (χ2n) is 10.4. The summed E-state index contributed by atoms with van der Waals surface area (Å²) in [7, 11) is 0. The van der Waals surface area contributed by atoms with E-state index in [4.69, 9.17) is 33.4 Å². The maximum atomic E-state index is 6.61. The topological polar surface area (TPSA) is 102 Å². The Hall–Kier alpha value is -2.99. The number of ether oxygens (including phenoxy) is 6. The summed E-state index contributed by atoms with van der Waals surface area (Å²) in [5.41, 5.74) is 2.52. The van der Waals surface area contributed by atoms with Gasteiger partial charge in [0.05, 0.1) is 12.9 Å². The van der Waals surface area contributed by atoms with E-state index in [1.165, 1.54) is 0 Å². The average Bonchev–Trinajstić information content (AvgIpc) is 3.71. The summed E-state index contributed by atoms with van der Waals surface area (Å²) in [4.78, 5) is 16.4. The maximum absolute atomic E-state index is 6.61. The molecule has 1 saturated heterocycles. The van der Waals surface area contributed by atoms with E-state index in [0.717, 1.165) is 60.6 Å². The number of anilines is 1. The van der Waals surface area contributed by atoms with Crippen molar-refractivity contribution in [2.45, 2.75) is 84.5 Å². The van der Waals surface area contributed by atoms with Crippen LogP contribution in [0.15, 0.2) is 30.9 Å². The Morgan fingerprint density at radius 3 is 2.46 bits per heavy atom. The zero-order valence-corrected chi connectivity index (χ0v) is 24.7. The van der Waals surface area contributed by atoms with Gasteiger partial charge >= 0.3 is 0 Å². The summed E-state index contributed by atoms with van der Waals surface area (Å²) in [5, 5.41) is 0. The van der Waals surface area contributed by atoms with Crippen molar-refractivity contribution in [3.8, 4) is 11.5 Å². The van der Waals surface area contributed by atoms with Gasteiger partial charge < -0.3 is 33.3 Å². The van der Waals surface area contributed by atoms with E-state index in [2.05, 4.69) is 48.6 Å². The molecule has 11 nitrogen and oxygen atoms in total. The Bertz CT molecular complexity index is 1260. The van der Waals surface area contributed by atoms with Crippen molar-refractivity contribution in [3.05, 3.63) is 36.4 Å². The van der Waals surface area contributed by atoms with E-state index in [0.29, 0.717) is 38.6 Å². The van der Waals surface area contributed by atoms with Gasteiger partial charge in [0, 0.05) is 32.9 Å². The minimum Gasteiger partial charge on any atom is -0.454 e. The van der Waals surface area contributed by atoms with Gasteiger partial charge in [-0.3, -0.25) is 4.57 Å². The minimum atomic E-state index is -0.458. The summed E-state index contributed by atoms with van der Waals surface area (Å²) in [6, 6.07) is 6.05. The summed E-state index contributed by atoms with van der Waals surface area (Å²) < 4.78 is 38.3. The minimum absolute atomic E-state index is 0.254. The summed E-state index contributed by atoms with van der Waals surface area (Å²) in [6.07, 6.45) is 5.77. The van der Waals surface area contributed by atoms with Gasteiger partial charge in [0.15, 0.2) is 34.7 Å². The fraction of sp³-hybridized carbons (Fsp3) is 0.633. The van der Waals surface area contributed by atoms with Gasteiger partial charge in [-0.15, -0.1) is 0 Å². The van der Waals surface area contributed by atoms with E-state index < -0.39 is 6.23 Å². The maximum Gasteiger partial charge on any atom is 0.231 e. The smallest absolute Gasteiger partial charge is 0.231 e. The highest BCUT2D eigenvalue weighted by Gasteiger charge is 2.48. The highest BCUT2D eigenvalue weighted by Crippen LogP contribution is 2.37. The molecule has 2 aromatic heterocycles. The molecule has 2 aliphatic heterocycles. The largest absolute Gasteiger partial charge is 0.454 e. The molecule has 0 spiro atoms. The van der Waals surface area contributed by atoms with Crippen molar-refractivity contribution in [3.63, 3.8) is 0 Å². The zero-order valence-electron chi connectivity index (χ0n) is 24.7. The number of nitrogens with zero attached hydrogens (tertiary/aromatic N) is 5. The molecule has 3 aromatic rings. The predicted octanol–water partition coefficient (Wildman–Crippen LogP) is 4.89. The SMILES string of the molecule is CCCOC[C@H]1O[C@@H](n2cnc3c(N(CCC)Cc4ccc5c(c4)OCO5)ncnc32)C(OCCC)C1OCCC. The number of hydrogen-bond acceptors (Lipinski definition) is 10. The number of aromatic nitrogens is 4. The molecule has 0 N–H and O–H groups in total. The van der Waals surface area contributed by atoms with Gasteiger partial charge in [-0.2, -0.15) is 0 Å². The fourth-order valence-electron chi connectivity index (χ4n) is 5.34. The van der Waals surface area contributed by atoms with Crippen LogP contribution < -0.4 is 14.4 Å². The number of rotatable bonds is 16. The number of hydrogen-bond donors (Lipinski definition) is 0. The Kier molecular flexibility index (Phi) is 10.3. The van der Waals surface area contributed by atoms with Crippen LogP contribution in [0, 0.1) is 0 Å². The Morgan fingerprint density at radius 1 is 0.902 bits per heavy atom. The lowest BCUT2D eigenvalue weighted by Gasteiger charge is -2.25. The van der Waals surface area contributed by atoms with Crippen LogP contribution in [-0.2, 0) is 25.5 Å². The van der Waals surface area contributed by atoms with Crippen molar-refractivity contribution in [1.82, 2.24) is 19.5 Å². The lowest BCUT2D eigenvalue weighted by molar-refractivity contribution is -0.0791.